The van der Waals surface area contributed by atoms with Crippen molar-refractivity contribution in [3.8, 4) is 0 Å². The highest BCUT2D eigenvalue weighted by Crippen LogP contribution is 2.30. The first-order valence-corrected chi connectivity index (χ1v) is 8.09. The Morgan fingerprint density at radius 2 is 2.00 bits per heavy atom. The zero-order valence-corrected chi connectivity index (χ0v) is 13.3. The monoisotopic (exact) mass is 327 g/mol. The summed E-state index contributed by atoms with van der Waals surface area (Å²) in [5.41, 5.74) is 6.67. The number of anilines is 1. The Morgan fingerprint density at radius 3 is 2.76 bits per heavy atom. The van der Waals surface area contributed by atoms with Crippen molar-refractivity contribution in [1.29, 1.82) is 0 Å². The van der Waals surface area contributed by atoms with Crippen LogP contribution in [0.1, 0.15) is 29.6 Å². The lowest BCUT2D eigenvalue weighted by atomic mass is 9.99. The molecule has 2 heterocycles. The summed E-state index contributed by atoms with van der Waals surface area (Å²) in [4.78, 5) is 17.0. The van der Waals surface area contributed by atoms with E-state index in [1.165, 1.54) is 19.3 Å². The van der Waals surface area contributed by atoms with E-state index in [-0.39, 0.29) is 5.91 Å². The van der Waals surface area contributed by atoms with Crippen LogP contribution in [-0.2, 0) is 0 Å². The Labute approximate surface area is 134 Å². The molecule has 0 aliphatic carbocycles. The SMILES string of the molecule is Nc1cc(C(=O)N2CCN3CCCCC3C2)cc(Cl)c1Cl. The molecule has 1 amide bonds. The quantitative estimate of drug-likeness (QED) is 0.807. The minimum absolute atomic E-state index is 0.00881. The number of amides is 1. The molecule has 2 saturated heterocycles. The molecule has 0 radical (unpaired) electrons. The van der Waals surface area contributed by atoms with Gasteiger partial charge in [0.05, 0.1) is 15.7 Å². The summed E-state index contributed by atoms with van der Waals surface area (Å²) in [6, 6.07) is 3.72. The predicted molar refractivity (Wildman–Crippen MR) is 86.0 cm³/mol. The van der Waals surface area contributed by atoms with Gasteiger partial charge in [-0.1, -0.05) is 29.6 Å². The predicted octanol–water partition coefficient (Wildman–Crippen LogP) is 2.89. The summed E-state index contributed by atoms with van der Waals surface area (Å²) >= 11 is 12.0. The fourth-order valence-corrected chi connectivity index (χ4v) is 3.59. The molecular weight excluding hydrogens is 309 g/mol. The van der Waals surface area contributed by atoms with Crippen molar-refractivity contribution in [2.75, 3.05) is 31.9 Å². The van der Waals surface area contributed by atoms with E-state index in [4.69, 9.17) is 28.9 Å². The highest BCUT2D eigenvalue weighted by molar-refractivity contribution is 6.43. The van der Waals surface area contributed by atoms with Gasteiger partial charge < -0.3 is 10.6 Å². The van der Waals surface area contributed by atoms with Crippen LogP contribution in [0.3, 0.4) is 0 Å². The first-order chi connectivity index (χ1) is 10.1. The van der Waals surface area contributed by atoms with Crippen LogP contribution in [0.2, 0.25) is 10.0 Å². The van der Waals surface area contributed by atoms with Crippen LogP contribution in [0.5, 0.6) is 0 Å². The standard InChI is InChI=1S/C15H19Cl2N3O/c16-12-7-10(8-13(18)14(12)17)15(21)20-6-5-19-4-2-1-3-11(19)9-20/h7-8,11H,1-6,9,18H2. The molecule has 2 aliphatic rings. The van der Waals surface area contributed by atoms with E-state index in [0.717, 1.165) is 26.2 Å². The number of nitrogen functional groups attached to an aromatic ring is 1. The van der Waals surface area contributed by atoms with Crippen molar-refractivity contribution in [3.63, 3.8) is 0 Å². The highest BCUT2D eigenvalue weighted by atomic mass is 35.5. The number of rotatable bonds is 1. The molecule has 0 saturated carbocycles. The molecule has 1 aromatic carbocycles. The first-order valence-electron chi connectivity index (χ1n) is 7.34. The first kappa shape index (κ1) is 14.9. The third-order valence-electron chi connectivity index (χ3n) is 4.43. The minimum Gasteiger partial charge on any atom is -0.397 e. The van der Waals surface area contributed by atoms with Crippen LogP contribution in [0, 0.1) is 0 Å². The Kier molecular flexibility index (Phi) is 4.29. The van der Waals surface area contributed by atoms with Crippen LogP contribution >= 0.6 is 23.2 Å². The van der Waals surface area contributed by atoms with Gasteiger partial charge in [-0.25, -0.2) is 0 Å². The fourth-order valence-electron chi connectivity index (χ4n) is 3.26. The maximum Gasteiger partial charge on any atom is 0.254 e. The van der Waals surface area contributed by atoms with E-state index < -0.39 is 0 Å². The van der Waals surface area contributed by atoms with Gasteiger partial charge in [0.15, 0.2) is 0 Å². The van der Waals surface area contributed by atoms with Crippen molar-refractivity contribution in [1.82, 2.24) is 9.80 Å². The lowest BCUT2D eigenvalue weighted by Crippen LogP contribution is -2.56. The second-order valence-electron chi connectivity index (χ2n) is 5.80. The smallest absolute Gasteiger partial charge is 0.254 e. The number of carbonyl (C=O) groups is 1. The zero-order chi connectivity index (χ0) is 15.0. The number of benzene rings is 1. The number of carbonyl (C=O) groups excluding carboxylic acids is 1. The molecule has 2 aliphatic heterocycles. The minimum atomic E-state index is -0.00881. The maximum absolute atomic E-state index is 12.6. The summed E-state index contributed by atoms with van der Waals surface area (Å²) in [7, 11) is 0. The summed E-state index contributed by atoms with van der Waals surface area (Å²) < 4.78 is 0. The fraction of sp³-hybridized carbons (Fsp3) is 0.533. The topological polar surface area (TPSA) is 49.6 Å². The van der Waals surface area contributed by atoms with Crippen LogP contribution in [-0.4, -0.2) is 47.9 Å². The van der Waals surface area contributed by atoms with E-state index in [1.807, 2.05) is 4.90 Å². The van der Waals surface area contributed by atoms with Gasteiger partial charge in [-0.15, -0.1) is 0 Å². The Bertz CT molecular complexity index is 541. The third-order valence-corrected chi connectivity index (χ3v) is 5.24. The van der Waals surface area contributed by atoms with Crippen LogP contribution < -0.4 is 5.73 Å². The summed E-state index contributed by atoms with van der Waals surface area (Å²) in [6.07, 6.45) is 3.70. The Hall–Kier alpha value is -0.970. The molecule has 6 heteroatoms. The molecule has 21 heavy (non-hydrogen) atoms. The van der Waals surface area contributed by atoms with Crippen molar-refractivity contribution in [3.05, 3.63) is 27.7 Å². The van der Waals surface area contributed by atoms with Gasteiger partial charge >= 0.3 is 0 Å². The maximum atomic E-state index is 12.6. The summed E-state index contributed by atoms with van der Waals surface area (Å²) in [5.74, 6) is -0.00881. The summed E-state index contributed by atoms with van der Waals surface area (Å²) in [6.45, 7) is 3.66. The molecule has 114 valence electrons. The lowest BCUT2D eigenvalue weighted by molar-refractivity contribution is 0.0372. The molecule has 0 spiro atoms. The molecule has 4 nitrogen and oxygen atoms in total. The highest BCUT2D eigenvalue weighted by Gasteiger charge is 2.31. The number of fused-ring (bicyclic) bond motifs is 1. The molecule has 0 aromatic heterocycles. The van der Waals surface area contributed by atoms with Crippen molar-refractivity contribution < 1.29 is 4.79 Å². The van der Waals surface area contributed by atoms with Gasteiger partial charge in [-0.3, -0.25) is 9.69 Å². The van der Waals surface area contributed by atoms with E-state index in [0.29, 0.717) is 27.3 Å². The molecular formula is C15H19Cl2N3O. The van der Waals surface area contributed by atoms with Gasteiger partial charge in [0.25, 0.3) is 5.91 Å². The number of nitrogens with two attached hydrogens (primary N) is 1. The van der Waals surface area contributed by atoms with Crippen molar-refractivity contribution in [2.45, 2.75) is 25.3 Å². The summed E-state index contributed by atoms with van der Waals surface area (Å²) in [5, 5.41) is 0.640. The van der Waals surface area contributed by atoms with Gasteiger partial charge in [0.2, 0.25) is 0 Å². The molecule has 1 atom stereocenters. The average Bonchev–Trinajstić information content (AvgIpc) is 2.51. The average molecular weight is 328 g/mol. The number of piperazine rings is 1. The largest absolute Gasteiger partial charge is 0.397 e. The molecule has 2 fully saturated rings. The van der Waals surface area contributed by atoms with Crippen LogP contribution in [0.25, 0.3) is 0 Å². The number of piperidine rings is 1. The lowest BCUT2D eigenvalue weighted by Gasteiger charge is -2.44. The third kappa shape index (κ3) is 2.98. The van der Waals surface area contributed by atoms with Gasteiger partial charge in [0.1, 0.15) is 0 Å². The zero-order valence-electron chi connectivity index (χ0n) is 11.8. The Morgan fingerprint density at radius 1 is 1.19 bits per heavy atom. The molecule has 1 unspecified atom stereocenters. The normalized spacial score (nSPS) is 23.0. The van der Waals surface area contributed by atoms with E-state index >= 15 is 0 Å². The number of hydrogen-bond acceptors (Lipinski definition) is 3. The van der Waals surface area contributed by atoms with Gasteiger partial charge in [-0.2, -0.15) is 0 Å². The van der Waals surface area contributed by atoms with E-state index in [9.17, 15) is 4.79 Å². The van der Waals surface area contributed by atoms with Crippen LogP contribution in [0.15, 0.2) is 12.1 Å². The number of nitrogens with zero attached hydrogens (tertiary/aromatic N) is 2. The van der Waals surface area contributed by atoms with Gasteiger partial charge in [-0.05, 0) is 31.5 Å². The number of halogens is 2. The van der Waals surface area contributed by atoms with Crippen molar-refractivity contribution >= 4 is 34.8 Å². The van der Waals surface area contributed by atoms with E-state index in [2.05, 4.69) is 4.90 Å². The molecule has 0 bridgehead atoms. The van der Waals surface area contributed by atoms with E-state index in [1.54, 1.807) is 12.1 Å². The molecule has 3 rings (SSSR count). The number of hydrogen-bond donors (Lipinski definition) is 1. The second kappa shape index (κ2) is 6.03. The second-order valence-corrected chi connectivity index (χ2v) is 6.58. The molecule has 2 N–H and O–H groups in total. The van der Waals surface area contributed by atoms with Crippen molar-refractivity contribution in [2.24, 2.45) is 0 Å². The van der Waals surface area contributed by atoms with Gasteiger partial charge in [0, 0.05) is 31.2 Å². The Balaban J connectivity index is 1.76. The molecule has 1 aromatic rings. The van der Waals surface area contributed by atoms with Crippen LogP contribution in [0.4, 0.5) is 5.69 Å².